The van der Waals surface area contributed by atoms with Crippen LogP contribution in [-0.2, 0) is 24.3 Å². The molecule has 0 spiro atoms. The Labute approximate surface area is 119 Å². The van der Waals surface area contributed by atoms with E-state index in [4.69, 9.17) is 15.2 Å². The summed E-state index contributed by atoms with van der Waals surface area (Å²) in [6.45, 7) is 1.63. The van der Waals surface area contributed by atoms with Crippen LogP contribution in [-0.4, -0.2) is 18.7 Å². The molecule has 4 heteroatoms. The normalized spacial score (nSPS) is 10.5. The minimum absolute atomic E-state index is 0.446. The molecule has 0 atom stereocenters. The summed E-state index contributed by atoms with van der Waals surface area (Å²) in [7, 11) is 1.71. The minimum atomic E-state index is 0.446. The number of benzene rings is 1. The highest BCUT2D eigenvalue weighted by atomic mass is 16.5. The van der Waals surface area contributed by atoms with Gasteiger partial charge in [-0.2, -0.15) is 0 Å². The maximum atomic E-state index is 5.72. The molecule has 106 valence electrons. The quantitative estimate of drug-likeness (QED) is 0.840. The Balaban J connectivity index is 1.89. The van der Waals surface area contributed by atoms with E-state index in [9.17, 15) is 0 Å². The van der Waals surface area contributed by atoms with Crippen LogP contribution < -0.4 is 10.5 Å². The summed E-state index contributed by atoms with van der Waals surface area (Å²) < 4.78 is 10.8. The highest BCUT2D eigenvalue weighted by Gasteiger charge is 1.99. The third-order valence-corrected chi connectivity index (χ3v) is 2.98. The van der Waals surface area contributed by atoms with Crippen molar-refractivity contribution >= 4 is 0 Å². The standard InChI is InChI=1S/C16H20N2O2/c1-19-10-9-13-5-7-16(8-6-13)20-12-15-4-2-3-14(11-17)18-15/h2-8H,9-12,17H2,1H3. The first-order chi connectivity index (χ1) is 9.81. The van der Waals surface area contributed by atoms with E-state index in [1.807, 2.05) is 30.3 Å². The zero-order valence-corrected chi connectivity index (χ0v) is 11.7. The molecule has 0 aliphatic carbocycles. The minimum Gasteiger partial charge on any atom is -0.487 e. The van der Waals surface area contributed by atoms with Gasteiger partial charge >= 0.3 is 0 Å². The molecule has 0 amide bonds. The summed E-state index contributed by atoms with van der Waals surface area (Å²) in [5, 5.41) is 0. The van der Waals surface area contributed by atoms with Crippen molar-refractivity contribution < 1.29 is 9.47 Å². The lowest BCUT2D eigenvalue weighted by molar-refractivity contribution is 0.202. The van der Waals surface area contributed by atoms with Gasteiger partial charge in [0.15, 0.2) is 0 Å². The van der Waals surface area contributed by atoms with Gasteiger partial charge in [-0.3, -0.25) is 4.98 Å². The molecule has 0 unspecified atom stereocenters. The molecule has 1 aromatic carbocycles. The predicted molar refractivity (Wildman–Crippen MR) is 78.5 cm³/mol. The Morgan fingerprint density at radius 3 is 2.50 bits per heavy atom. The van der Waals surface area contributed by atoms with E-state index in [-0.39, 0.29) is 0 Å². The highest BCUT2D eigenvalue weighted by molar-refractivity contribution is 5.27. The van der Waals surface area contributed by atoms with E-state index in [2.05, 4.69) is 17.1 Å². The first-order valence-corrected chi connectivity index (χ1v) is 6.67. The Morgan fingerprint density at radius 2 is 1.80 bits per heavy atom. The molecule has 0 radical (unpaired) electrons. The van der Waals surface area contributed by atoms with Gasteiger partial charge in [0.05, 0.1) is 18.0 Å². The summed E-state index contributed by atoms with van der Waals surface area (Å²) in [5.74, 6) is 0.839. The van der Waals surface area contributed by atoms with E-state index in [0.717, 1.165) is 30.2 Å². The van der Waals surface area contributed by atoms with Crippen molar-refractivity contribution in [3.05, 3.63) is 59.4 Å². The first kappa shape index (κ1) is 14.5. The van der Waals surface area contributed by atoms with Crippen molar-refractivity contribution in [2.45, 2.75) is 19.6 Å². The molecule has 0 aliphatic rings. The maximum absolute atomic E-state index is 5.72. The number of ether oxygens (including phenoxy) is 2. The second-order valence-electron chi connectivity index (χ2n) is 4.50. The van der Waals surface area contributed by atoms with Gasteiger partial charge < -0.3 is 15.2 Å². The van der Waals surface area contributed by atoms with Gasteiger partial charge in [0, 0.05) is 13.7 Å². The van der Waals surface area contributed by atoms with Crippen molar-refractivity contribution in [2.24, 2.45) is 5.73 Å². The molecule has 20 heavy (non-hydrogen) atoms. The smallest absolute Gasteiger partial charge is 0.130 e. The average Bonchev–Trinajstić information content (AvgIpc) is 2.52. The van der Waals surface area contributed by atoms with Crippen LogP contribution in [0.2, 0.25) is 0 Å². The zero-order valence-electron chi connectivity index (χ0n) is 11.7. The van der Waals surface area contributed by atoms with Gasteiger partial charge in [-0.05, 0) is 36.2 Å². The summed E-state index contributed by atoms with van der Waals surface area (Å²) >= 11 is 0. The van der Waals surface area contributed by atoms with Crippen LogP contribution in [0, 0.1) is 0 Å². The van der Waals surface area contributed by atoms with E-state index in [1.54, 1.807) is 7.11 Å². The summed E-state index contributed by atoms with van der Waals surface area (Å²) in [6, 6.07) is 13.8. The van der Waals surface area contributed by atoms with Crippen LogP contribution in [0.4, 0.5) is 0 Å². The van der Waals surface area contributed by atoms with Gasteiger partial charge in [0.1, 0.15) is 12.4 Å². The Bertz CT molecular complexity index is 526. The Hall–Kier alpha value is -1.91. The van der Waals surface area contributed by atoms with E-state index < -0.39 is 0 Å². The van der Waals surface area contributed by atoms with Crippen molar-refractivity contribution in [1.82, 2.24) is 4.98 Å². The van der Waals surface area contributed by atoms with Crippen LogP contribution in [0.15, 0.2) is 42.5 Å². The maximum Gasteiger partial charge on any atom is 0.130 e. The second-order valence-corrected chi connectivity index (χ2v) is 4.50. The van der Waals surface area contributed by atoms with Gasteiger partial charge in [0.25, 0.3) is 0 Å². The van der Waals surface area contributed by atoms with Crippen LogP contribution in [0.5, 0.6) is 5.75 Å². The molecule has 0 bridgehead atoms. The van der Waals surface area contributed by atoms with Crippen molar-refractivity contribution in [3.63, 3.8) is 0 Å². The van der Waals surface area contributed by atoms with Gasteiger partial charge in [-0.15, -0.1) is 0 Å². The summed E-state index contributed by atoms with van der Waals surface area (Å²) in [5.41, 5.74) is 8.57. The number of aromatic nitrogens is 1. The molecular formula is C16H20N2O2. The number of nitrogens with two attached hydrogens (primary N) is 1. The van der Waals surface area contributed by atoms with Crippen molar-refractivity contribution in [3.8, 4) is 5.75 Å². The fourth-order valence-corrected chi connectivity index (χ4v) is 1.85. The molecule has 2 N–H and O–H groups in total. The Kier molecular flexibility index (Phi) is 5.53. The third kappa shape index (κ3) is 4.33. The molecule has 1 aromatic heterocycles. The van der Waals surface area contributed by atoms with Gasteiger partial charge in [0.2, 0.25) is 0 Å². The lowest BCUT2D eigenvalue weighted by Crippen LogP contribution is -2.04. The predicted octanol–water partition coefficient (Wildman–Crippen LogP) is 2.31. The lowest BCUT2D eigenvalue weighted by atomic mass is 10.1. The van der Waals surface area contributed by atoms with Crippen molar-refractivity contribution in [2.75, 3.05) is 13.7 Å². The van der Waals surface area contributed by atoms with E-state index >= 15 is 0 Å². The number of hydrogen-bond acceptors (Lipinski definition) is 4. The summed E-state index contributed by atoms with van der Waals surface area (Å²) in [4.78, 5) is 4.40. The average molecular weight is 272 g/mol. The van der Waals surface area contributed by atoms with Crippen LogP contribution >= 0.6 is 0 Å². The fraction of sp³-hybridized carbons (Fsp3) is 0.312. The van der Waals surface area contributed by atoms with Crippen molar-refractivity contribution in [1.29, 1.82) is 0 Å². The molecule has 0 saturated heterocycles. The lowest BCUT2D eigenvalue weighted by Gasteiger charge is -2.07. The van der Waals surface area contributed by atoms with E-state index in [0.29, 0.717) is 13.2 Å². The van der Waals surface area contributed by atoms with Gasteiger partial charge in [-0.1, -0.05) is 18.2 Å². The fourth-order valence-electron chi connectivity index (χ4n) is 1.85. The zero-order chi connectivity index (χ0) is 14.2. The number of methoxy groups -OCH3 is 1. The number of pyridine rings is 1. The number of hydrogen-bond donors (Lipinski definition) is 1. The molecule has 4 nitrogen and oxygen atoms in total. The molecular weight excluding hydrogens is 252 g/mol. The molecule has 0 fully saturated rings. The molecule has 2 rings (SSSR count). The van der Waals surface area contributed by atoms with E-state index in [1.165, 1.54) is 5.56 Å². The first-order valence-electron chi connectivity index (χ1n) is 6.67. The SMILES string of the molecule is COCCc1ccc(OCc2cccc(CN)n2)cc1. The topological polar surface area (TPSA) is 57.4 Å². The third-order valence-electron chi connectivity index (χ3n) is 2.98. The van der Waals surface area contributed by atoms with Crippen LogP contribution in [0.1, 0.15) is 17.0 Å². The van der Waals surface area contributed by atoms with Crippen LogP contribution in [0.25, 0.3) is 0 Å². The largest absolute Gasteiger partial charge is 0.487 e. The number of rotatable bonds is 7. The summed E-state index contributed by atoms with van der Waals surface area (Å²) in [6.07, 6.45) is 0.914. The molecule has 0 aliphatic heterocycles. The molecule has 0 saturated carbocycles. The van der Waals surface area contributed by atoms with Gasteiger partial charge in [-0.25, -0.2) is 0 Å². The monoisotopic (exact) mass is 272 g/mol. The Morgan fingerprint density at radius 1 is 1.05 bits per heavy atom. The number of nitrogens with zero attached hydrogens (tertiary/aromatic N) is 1. The highest BCUT2D eigenvalue weighted by Crippen LogP contribution is 2.14. The second kappa shape index (κ2) is 7.62. The van der Waals surface area contributed by atoms with Crippen LogP contribution in [0.3, 0.4) is 0 Å². The molecule has 1 heterocycles. The molecule has 2 aromatic rings.